The van der Waals surface area contributed by atoms with E-state index < -0.39 is 30.2 Å². The van der Waals surface area contributed by atoms with Gasteiger partial charge in [0.1, 0.15) is 12.0 Å². The number of aliphatic hydroxyl groups excluding tert-OH is 2. The fraction of sp³-hybridized carbons (Fsp3) is 0.800. The minimum Gasteiger partial charge on any atom is -0.461 e. The predicted octanol–water partition coefficient (Wildman–Crippen LogP) is 2.74. The van der Waals surface area contributed by atoms with Crippen LogP contribution in [0.25, 0.3) is 0 Å². The summed E-state index contributed by atoms with van der Waals surface area (Å²) in [5.41, 5.74) is 0. The maximum absolute atomic E-state index is 12.2. The van der Waals surface area contributed by atoms with Crippen molar-refractivity contribution in [2.75, 3.05) is 0 Å². The molecule has 1 aliphatic rings. The molecule has 1 saturated heterocycles. The van der Waals surface area contributed by atoms with Crippen LogP contribution in [0.15, 0.2) is 12.2 Å². The molecule has 5 heteroatoms. The van der Waals surface area contributed by atoms with Crippen molar-refractivity contribution >= 4 is 11.8 Å². The molecule has 0 aromatic rings. The van der Waals surface area contributed by atoms with E-state index in [-0.39, 0.29) is 29.5 Å². The second kappa shape index (κ2) is 9.48. The number of ketones is 1. The van der Waals surface area contributed by atoms with E-state index >= 15 is 0 Å². The number of rotatable bonds is 8. The van der Waals surface area contributed by atoms with Crippen LogP contribution in [0.5, 0.6) is 0 Å². The standard InChI is InChI=1S/C20H34O5/c1-7-16(21)11(2)8-9-17(22)12(3)10-13(4)19-14(5)18(23)15(6)20(24)25-19/h8-9,11-17,19,21-22H,7,10H2,1-6H3/b9-8+/t11-,12-,13+,14+,15-,16-,17?,19+/m1/s1. The normalized spacial score (nSPS) is 30.6. The first kappa shape index (κ1) is 21.8. The van der Waals surface area contributed by atoms with Crippen molar-refractivity contribution in [3.8, 4) is 0 Å². The maximum Gasteiger partial charge on any atom is 0.316 e. The van der Waals surface area contributed by atoms with E-state index in [4.69, 9.17) is 4.74 Å². The van der Waals surface area contributed by atoms with Crippen LogP contribution in [0.4, 0.5) is 0 Å². The zero-order valence-electron chi connectivity index (χ0n) is 16.3. The first-order chi connectivity index (χ1) is 11.6. The largest absolute Gasteiger partial charge is 0.461 e. The number of cyclic esters (lactones) is 1. The maximum atomic E-state index is 12.2. The van der Waals surface area contributed by atoms with E-state index in [9.17, 15) is 19.8 Å². The molecule has 144 valence electrons. The number of esters is 1. The predicted molar refractivity (Wildman–Crippen MR) is 96.8 cm³/mol. The van der Waals surface area contributed by atoms with Gasteiger partial charge >= 0.3 is 5.97 Å². The fourth-order valence-corrected chi connectivity index (χ4v) is 3.46. The topological polar surface area (TPSA) is 83.8 Å². The highest BCUT2D eigenvalue weighted by atomic mass is 16.5. The van der Waals surface area contributed by atoms with Crippen molar-refractivity contribution in [1.82, 2.24) is 0 Å². The van der Waals surface area contributed by atoms with Crippen LogP contribution >= 0.6 is 0 Å². The van der Waals surface area contributed by atoms with E-state index in [1.807, 2.05) is 33.8 Å². The van der Waals surface area contributed by atoms with Gasteiger partial charge in [-0.25, -0.2) is 0 Å². The summed E-state index contributed by atoms with van der Waals surface area (Å²) in [5.74, 6) is -1.59. The van der Waals surface area contributed by atoms with Gasteiger partial charge in [0.25, 0.3) is 0 Å². The summed E-state index contributed by atoms with van der Waals surface area (Å²) in [7, 11) is 0. The summed E-state index contributed by atoms with van der Waals surface area (Å²) in [6.07, 6.45) is 3.40. The van der Waals surface area contributed by atoms with E-state index in [0.29, 0.717) is 12.8 Å². The number of carbonyl (C=O) groups is 2. The van der Waals surface area contributed by atoms with E-state index in [0.717, 1.165) is 0 Å². The monoisotopic (exact) mass is 354 g/mol. The van der Waals surface area contributed by atoms with Gasteiger partial charge in [-0.15, -0.1) is 0 Å². The first-order valence-electron chi connectivity index (χ1n) is 9.38. The van der Waals surface area contributed by atoms with E-state index in [1.54, 1.807) is 19.9 Å². The minimum atomic E-state index is -0.684. The molecule has 1 rings (SSSR count). The number of aliphatic hydroxyl groups is 2. The molecule has 1 heterocycles. The van der Waals surface area contributed by atoms with Crippen molar-refractivity contribution in [3.05, 3.63) is 12.2 Å². The summed E-state index contributed by atoms with van der Waals surface area (Å²) in [6.45, 7) is 11.1. The molecule has 0 aromatic carbocycles. The molecule has 5 nitrogen and oxygen atoms in total. The van der Waals surface area contributed by atoms with E-state index in [1.165, 1.54) is 0 Å². The Bertz CT molecular complexity index is 486. The summed E-state index contributed by atoms with van der Waals surface area (Å²) >= 11 is 0. The Hall–Kier alpha value is -1.20. The van der Waals surface area contributed by atoms with Crippen LogP contribution in [0.3, 0.4) is 0 Å². The van der Waals surface area contributed by atoms with Crippen LogP contribution in [-0.2, 0) is 14.3 Å². The Balaban J connectivity index is 2.63. The molecule has 0 saturated carbocycles. The highest BCUT2D eigenvalue weighted by Gasteiger charge is 2.42. The van der Waals surface area contributed by atoms with Crippen molar-refractivity contribution in [1.29, 1.82) is 0 Å². The second-order valence-corrected chi connectivity index (χ2v) is 7.71. The quantitative estimate of drug-likeness (QED) is 0.398. The highest BCUT2D eigenvalue weighted by molar-refractivity contribution is 6.01. The molecule has 8 atom stereocenters. The van der Waals surface area contributed by atoms with Gasteiger partial charge in [0.2, 0.25) is 0 Å². The number of hydrogen-bond acceptors (Lipinski definition) is 5. The molecule has 1 aliphatic heterocycles. The summed E-state index contributed by atoms with van der Waals surface area (Å²) in [6, 6.07) is 0. The first-order valence-corrected chi connectivity index (χ1v) is 9.38. The van der Waals surface area contributed by atoms with Crippen molar-refractivity contribution in [2.45, 2.75) is 72.7 Å². The Morgan fingerprint density at radius 1 is 1.12 bits per heavy atom. The smallest absolute Gasteiger partial charge is 0.316 e. The van der Waals surface area contributed by atoms with Gasteiger partial charge in [-0.1, -0.05) is 46.8 Å². The zero-order chi connectivity index (χ0) is 19.3. The molecule has 1 fully saturated rings. The molecule has 25 heavy (non-hydrogen) atoms. The molecule has 0 aliphatic carbocycles. The van der Waals surface area contributed by atoms with Gasteiger partial charge in [0.05, 0.1) is 18.1 Å². The molecule has 0 radical (unpaired) electrons. The molecule has 0 aromatic heterocycles. The Kier molecular flexibility index (Phi) is 8.29. The lowest BCUT2D eigenvalue weighted by molar-refractivity contribution is -0.173. The average molecular weight is 354 g/mol. The zero-order valence-corrected chi connectivity index (χ0v) is 16.3. The van der Waals surface area contributed by atoms with Crippen LogP contribution in [-0.4, -0.2) is 40.3 Å². The number of Topliss-reactive ketones (excluding diaryl/α,β-unsaturated/α-hetero) is 1. The Morgan fingerprint density at radius 3 is 2.28 bits per heavy atom. The summed E-state index contributed by atoms with van der Waals surface area (Å²) < 4.78 is 5.48. The van der Waals surface area contributed by atoms with Crippen molar-refractivity contribution in [2.24, 2.45) is 29.6 Å². The van der Waals surface area contributed by atoms with Gasteiger partial charge in [0, 0.05) is 5.92 Å². The third kappa shape index (κ3) is 5.65. The summed E-state index contributed by atoms with van der Waals surface area (Å²) in [5, 5.41) is 20.1. The number of carbonyl (C=O) groups excluding carboxylic acids is 2. The SMILES string of the molecule is CC[C@@H](O)[C@H](C)/C=C/C(O)[C@H](C)C[C@H](C)[C@@H]1OC(=O)[C@H](C)C(=O)[C@@H]1C. The lowest BCUT2D eigenvalue weighted by atomic mass is 9.79. The van der Waals surface area contributed by atoms with Gasteiger partial charge in [-0.3, -0.25) is 9.59 Å². The van der Waals surface area contributed by atoms with Gasteiger partial charge in [0.15, 0.2) is 5.78 Å². The third-order valence-corrected chi connectivity index (χ3v) is 5.50. The summed E-state index contributed by atoms with van der Waals surface area (Å²) in [4.78, 5) is 24.0. The van der Waals surface area contributed by atoms with Gasteiger partial charge < -0.3 is 14.9 Å². The molecule has 1 unspecified atom stereocenters. The van der Waals surface area contributed by atoms with Gasteiger partial charge in [-0.2, -0.15) is 0 Å². The lowest BCUT2D eigenvalue weighted by Gasteiger charge is -2.35. The molecular weight excluding hydrogens is 320 g/mol. The number of hydrogen-bond donors (Lipinski definition) is 2. The second-order valence-electron chi connectivity index (χ2n) is 7.71. The third-order valence-electron chi connectivity index (χ3n) is 5.50. The van der Waals surface area contributed by atoms with Crippen molar-refractivity contribution in [3.63, 3.8) is 0 Å². The number of ether oxygens (including phenoxy) is 1. The highest BCUT2D eigenvalue weighted by Crippen LogP contribution is 2.31. The van der Waals surface area contributed by atoms with Crippen LogP contribution in [0, 0.1) is 29.6 Å². The van der Waals surface area contributed by atoms with Crippen LogP contribution < -0.4 is 0 Å². The molecule has 2 N–H and O–H groups in total. The van der Waals surface area contributed by atoms with Gasteiger partial charge in [-0.05, 0) is 31.6 Å². The molecule has 0 amide bonds. The van der Waals surface area contributed by atoms with Crippen LogP contribution in [0.1, 0.15) is 54.4 Å². The Labute approximate surface area is 151 Å². The minimum absolute atomic E-state index is 0.0114. The molecular formula is C20H34O5. The van der Waals surface area contributed by atoms with E-state index in [2.05, 4.69) is 0 Å². The van der Waals surface area contributed by atoms with Crippen molar-refractivity contribution < 1.29 is 24.5 Å². The Morgan fingerprint density at radius 2 is 1.72 bits per heavy atom. The average Bonchev–Trinajstić information content (AvgIpc) is 2.59. The fourth-order valence-electron chi connectivity index (χ4n) is 3.46. The molecule has 0 bridgehead atoms. The van der Waals surface area contributed by atoms with Crippen LogP contribution in [0.2, 0.25) is 0 Å². The lowest BCUT2D eigenvalue weighted by Crippen LogP contribution is -2.46. The molecule has 0 spiro atoms.